The van der Waals surface area contributed by atoms with Gasteiger partial charge in [-0.2, -0.15) is 0 Å². The lowest BCUT2D eigenvalue weighted by molar-refractivity contribution is 0.127. The lowest BCUT2D eigenvalue weighted by atomic mass is 10.1. The van der Waals surface area contributed by atoms with E-state index in [-0.39, 0.29) is 0 Å². The Morgan fingerprint density at radius 1 is 0.765 bits per heavy atom. The summed E-state index contributed by atoms with van der Waals surface area (Å²) in [4.78, 5) is 0. The van der Waals surface area contributed by atoms with Gasteiger partial charge in [-0.15, -0.1) is 23.9 Å². The molecule has 2 heteroatoms. The Morgan fingerprint density at radius 3 is 1.88 bits per heavy atom. The van der Waals surface area contributed by atoms with Gasteiger partial charge in [0.05, 0.1) is 0 Å². The van der Waals surface area contributed by atoms with Crippen molar-refractivity contribution in [3.63, 3.8) is 0 Å². The molecular weight excluding hydrogens is 232 g/mol. The van der Waals surface area contributed by atoms with E-state index >= 15 is 0 Å². The normalized spacial score (nSPS) is 10.4. The van der Waals surface area contributed by atoms with Gasteiger partial charge < -0.3 is 4.74 Å². The first-order valence-corrected chi connectivity index (χ1v) is 7.52. The summed E-state index contributed by atoms with van der Waals surface area (Å²) in [6.07, 6.45) is 17.3. The van der Waals surface area contributed by atoms with Crippen molar-refractivity contribution >= 4 is 11.6 Å². The predicted octanol–water partition coefficient (Wildman–Crippen LogP) is 4.78. The van der Waals surface area contributed by atoms with Crippen LogP contribution in [0.4, 0.5) is 0 Å². The fourth-order valence-corrected chi connectivity index (χ4v) is 1.90. The van der Waals surface area contributed by atoms with Gasteiger partial charge in [-0.05, 0) is 25.7 Å². The Morgan fingerprint density at radius 2 is 1.29 bits per heavy atom. The van der Waals surface area contributed by atoms with Crippen molar-refractivity contribution in [1.82, 2.24) is 0 Å². The van der Waals surface area contributed by atoms with E-state index in [1.807, 2.05) is 0 Å². The van der Waals surface area contributed by atoms with Crippen LogP contribution >= 0.6 is 11.6 Å². The van der Waals surface area contributed by atoms with Gasteiger partial charge in [-0.1, -0.05) is 32.1 Å². The highest BCUT2D eigenvalue weighted by Crippen LogP contribution is 2.08. The number of hydrogen-bond acceptors (Lipinski definition) is 1. The summed E-state index contributed by atoms with van der Waals surface area (Å²) in [6, 6.07) is 0. The van der Waals surface area contributed by atoms with Crippen LogP contribution in [0.5, 0.6) is 0 Å². The zero-order valence-electron chi connectivity index (χ0n) is 11.1. The van der Waals surface area contributed by atoms with Crippen LogP contribution in [0, 0.1) is 12.3 Å². The summed E-state index contributed by atoms with van der Waals surface area (Å²) in [7, 11) is 0. The predicted molar refractivity (Wildman–Crippen MR) is 76.5 cm³/mol. The van der Waals surface area contributed by atoms with Crippen molar-refractivity contribution < 1.29 is 4.74 Å². The van der Waals surface area contributed by atoms with Crippen LogP contribution in [0.2, 0.25) is 0 Å². The van der Waals surface area contributed by atoms with E-state index < -0.39 is 0 Å². The van der Waals surface area contributed by atoms with E-state index in [2.05, 4.69) is 5.92 Å². The molecule has 0 unspecified atom stereocenters. The minimum atomic E-state index is 0.753. The summed E-state index contributed by atoms with van der Waals surface area (Å²) in [6.45, 7) is 1.79. The Bertz CT molecular complexity index is 174. The molecule has 0 aromatic rings. The molecule has 100 valence electrons. The van der Waals surface area contributed by atoms with Crippen LogP contribution in [0.25, 0.3) is 0 Å². The van der Waals surface area contributed by atoms with Crippen molar-refractivity contribution in [1.29, 1.82) is 0 Å². The molecule has 0 aromatic heterocycles. The van der Waals surface area contributed by atoms with E-state index in [9.17, 15) is 0 Å². The first-order chi connectivity index (χ1) is 8.41. The number of alkyl halides is 1. The maximum absolute atomic E-state index is 5.58. The summed E-state index contributed by atoms with van der Waals surface area (Å²) in [5.74, 6) is 3.44. The van der Waals surface area contributed by atoms with E-state index in [1.54, 1.807) is 0 Å². The number of ether oxygens (including phenoxy) is 1. The van der Waals surface area contributed by atoms with E-state index in [1.165, 1.54) is 44.9 Å². The summed E-state index contributed by atoms with van der Waals surface area (Å²) < 4.78 is 5.51. The van der Waals surface area contributed by atoms with Gasteiger partial charge in [0.1, 0.15) is 0 Å². The number of hydrogen-bond donors (Lipinski definition) is 0. The highest BCUT2D eigenvalue weighted by atomic mass is 35.5. The van der Waals surface area contributed by atoms with Crippen LogP contribution in [-0.2, 0) is 4.74 Å². The second-order valence-electron chi connectivity index (χ2n) is 4.44. The standard InChI is InChI=1S/C15H27ClO/c1-2-3-4-5-6-7-8-9-11-14-17-15-12-10-13-16/h1H,3-15H2. The third-order valence-electron chi connectivity index (χ3n) is 2.78. The highest BCUT2D eigenvalue weighted by Gasteiger charge is 1.92. The van der Waals surface area contributed by atoms with Crippen molar-refractivity contribution in [3.8, 4) is 12.3 Å². The van der Waals surface area contributed by atoms with Crippen molar-refractivity contribution in [3.05, 3.63) is 0 Å². The molecule has 0 fully saturated rings. The molecule has 0 heterocycles. The van der Waals surface area contributed by atoms with Crippen LogP contribution < -0.4 is 0 Å². The molecule has 0 N–H and O–H groups in total. The van der Waals surface area contributed by atoms with Crippen LogP contribution in [0.15, 0.2) is 0 Å². The largest absolute Gasteiger partial charge is 0.381 e. The van der Waals surface area contributed by atoms with Gasteiger partial charge >= 0.3 is 0 Å². The monoisotopic (exact) mass is 258 g/mol. The molecule has 0 atom stereocenters. The topological polar surface area (TPSA) is 9.23 Å². The third kappa shape index (κ3) is 15.8. The van der Waals surface area contributed by atoms with Crippen molar-refractivity contribution in [2.75, 3.05) is 19.1 Å². The average molecular weight is 259 g/mol. The van der Waals surface area contributed by atoms with Gasteiger partial charge in [0.25, 0.3) is 0 Å². The second kappa shape index (κ2) is 15.8. The zero-order chi connectivity index (χ0) is 12.6. The van der Waals surface area contributed by atoms with E-state index in [0.717, 1.165) is 38.4 Å². The quantitative estimate of drug-likeness (QED) is 0.263. The van der Waals surface area contributed by atoms with Gasteiger partial charge in [0.15, 0.2) is 0 Å². The first kappa shape index (κ1) is 16.8. The second-order valence-corrected chi connectivity index (χ2v) is 4.82. The van der Waals surface area contributed by atoms with Gasteiger partial charge in [0.2, 0.25) is 0 Å². The molecule has 0 aliphatic heterocycles. The van der Waals surface area contributed by atoms with Gasteiger partial charge in [-0.3, -0.25) is 0 Å². The molecule has 1 nitrogen and oxygen atoms in total. The van der Waals surface area contributed by atoms with E-state index in [4.69, 9.17) is 22.8 Å². The molecule has 0 spiro atoms. The number of unbranched alkanes of at least 4 members (excludes halogenated alkanes) is 8. The molecule has 0 aliphatic rings. The lowest BCUT2D eigenvalue weighted by Gasteiger charge is -2.03. The Balaban J connectivity index is 2.87. The van der Waals surface area contributed by atoms with Crippen LogP contribution in [0.3, 0.4) is 0 Å². The molecule has 0 aromatic carbocycles. The molecule has 0 bridgehead atoms. The Kier molecular flexibility index (Phi) is 15.6. The molecule has 0 rings (SSSR count). The van der Waals surface area contributed by atoms with E-state index in [0.29, 0.717) is 0 Å². The molecule has 0 saturated carbocycles. The average Bonchev–Trinajstić information content (AvgIpc) is 2.35. The highest BCUT2D eigenvalue weighted by molar-refractivity contribution is 6.17. The Hall–Kier alpha value is -0.190. The molecule has 0 aliphatic carbocycles. The minimum absolute atomic E-state index is 0.753. The molecule has 0 amide bonds. The SMILES string of the molecule is C#CCCCCCCCCCOCCCCCl. The zero-order valence-corrected chi connectivity index (χ0v) is 11.8. The fraction of sp³-hybridized carbons (Fsp3) is 0.867. The molecule has 0 saturated heterocycles. The number of terminal acetylenes is 1. The molecule has 17 heavy (non-hydrogen) atoms. The number of rotatable bonds is 13. The van der Waals surface area contributed by atoms with Crippen LogP contribution in [0.1, 0.15) is 64.2 Å². The van der Waals surface area contributed by atoms with Crippen molar-refractivity contribution in [2.24, 2.45) is 0 Å². The maximum Gasteiger partial charge on any atom is 0.0466 e. The lowest BCUT2D eigenvalue weighted by Crippen LogP contribution is -1.97. The van der Waals surface area contributed by atoms with Gasteiger partial charge in [-0.25, -0.2) is 0 Å². The summed E-state index contributed by atoms with van der Waals surface area (Å²) in [5.41, 5.74) is 0. The fourth-order valence-electron chi connectivity index (χ4n) is 1.72. The smallest absolute Gasteiger partial charge is 0.0466 e. The minimum Gasteiger partial charge on any atom is -0.381 e. The molecular formula is C15H27ClO. The summed E-state index contributed by atoms with van der Waals surface area (Å²) >= 11 is 5.58. The summed E-state index contributed by atoms with van der Waals surface area (Å²) in [5, 5.41) is 0. The van der Waals surface area contributed by atoms with Gasteiger partial charge in [0, 0.05) is 25.5 Å². The number of halogens is 1. The van der Waals surface area contributed by atoms with Crippen molar-refractivity contribution in [2.45, 2.75) is 64.2 Å². The maximum atomic E-state index is 5.58. The van der Waals surface area contributed by atoms with Crippen LogP contribution in [-0.4, -0.2) is 19.1 Å². The molecule has 0 radical (unpaired) electrons. The Labute approximate surface area is 112 Å². The third-order valence-corrected chi connectivity index (χ3v) is 3.05. The first-order valence-electron chi connectivity index (χ1n) is 6.99.